The fourth-order valence-electron chi connectivity index (χ4n) is 2.89. The first-order chi connectivity index (χ1) is 12.8. The summed E-state index contributed by atoms with van der Waals surface area (Å²) < 4.78 is 1.73. The van der Waals surface area contributed by atoms with E-state index in [9.17, 15) is 4.79 Å². The second kappa shape index (κ2) is 7.49. The maximum absolute atomic E-state index is 12.4. The minimum atomic E-state index is 0.0403. The fraction of sp³-hybridized carbons (Fsp3) is 0.222. The highest BCUT2D eigenvalue weighted by Gasteiger charge is 2.23. The Kier molecular flexibility index (Phi) is 4.74. The Morgan fingerprint density at radius 1 is 1.08 bits per heavy atom. The van der Waals surface area contributed by atoms with E-state index in [0.717, 1.165) is 11.3 Å². The Bertz CT molecular complexity index is 882. The summed E-state index contributed by atoms with van der Waals surface area (Å²) in [5.74, 6) is 0.746. The molecule has 7 nitrogen and oxygen atoms in total. The number of amides is 1. The third-order valence-corrected chi connectivity index (χ3v) is 4.99. The van der Waals surface area contributed by atoms with Crippen molar-refractivity contribution in [2.45, 2.75) is 0 Å². The van der Waals surface area contributed by atoms with E-state index in [1.54, 1.807) is 22.1 Å². The Morgan fingerprint density at radius 3 is 2.62 bits per heavy atom. The monoisotopic (exact) mass is 366 g/mol. The average Bonchev–Trinajstić information content (AvgIpc) is 3.39. The largest absolute Gasteiger partial charge is 0.336 e. The third-order valence-electron chi connectivity index (χ3n) is 4.29. The van der Waals surface area contributed by atoms with E-state index in [-0.39, 0.29) is 5.91 Å². The van der Waals surface area contributed by atoms with Crippen molar-refractivity contribution in [3.8, 4) is 5.69 Å². The second-order valence-corrected chi connectivity index (χ2v) is 6.71. The summed E-state index contributed by atoms with van der Waals surface area (Å²) in [6.07, 6.45) is 3.51. The van der Waals surface area contributed by atoms with Gasteiger partial charge in [0.25, 0.3) is 0 Å². The molecule has 0 atom stereocenters. The molecule has 1 saturated heterocycles. The van der Waals surface area contributed by atoms with Gasteiger partial charge in [0.2, 0.25) is 11.9 Å². The molecular weight excluding hydrogens is 348 g/mol. The minimum Gasteiger partial charge on any atom is -0.336 e. The zero-order valence-corrected chi connectivity index (χ0v) is 14.9. The van der Waals surface area contributed by atoms with E-state index < -0.39 is 0 Å². The highest BCUT2D eigenvalue weighted by Crippen LogP contribution is 2.17. The highest BCUT2D eigenvalue weighted by atomic mass is 32.1. The molecule has 26 heavy (non-hydrogen) atoms. The molecule has 0 radical (unpaired) electrons. The quantitative estimate of drug-likeness (QED) is 0.662. The van der Waals surface area contributed by atoms with Crippen molar-refractivity contribution in [3.63, 3.8) is 0 Å². The lowest BCUT2D eigenvalue weighted by molar-refractivity contribution is -0.126. The van der Waals surface area contributed by atoms with Crippen LogP contribution in [-0.2, 0) is 4.79 Å². The molecule has 3 heterocycles. The smallest absolute Gasteiger partial charge is 0.250 e. The first kappa shape index (κ1) is 16.5. The number of benzene rings is 1. The molecule has 2 aromatic heterocycles. The lowest BCUT2D eigenvalue weighted by Gasteiger charge is -2.34. The topological polar surface area (TPSA) is 67.2 Å². The number of hydrogen-bond acceptors (Lipinski definition) is 6. The lowest BCUT2D eigenvalue weighted by Crippen LogP contribution is -2.49. The van der Waals surface area contributed by atoms with E-state index in [4.69, 9.17) is 0 Å². The molecule has 0 N–H and O–H groups in total. The molecule has 1 aromatic carbocycles. The van der Waals surface area contributed by atoms with Gasteiger partial charge in [0.15, 0.2) is 0 Å². The van der Waals surface area contributed by atoms with Crippen LogP contribution in [-0.4, -0.2) is 57.2 Å². The van der Waals surface area contributed by atoms with Crippen molar-refractivity contribution in [2.75, 3.05) is 31.1 Å². The number of thiophene rings is 1. The maximum atomic E-state index is 12.4. The molecule has 0 bridgehead atoms. The van der Waals surface area contributed by atoms with Crippen LogP contribution in [0.2, 0.25) is 0 Å². The first-order valence-corrected chi connectivity index (χ1v) is 9.33. The number of hydrogen-bond donors (Lipinski definition) is 0. The van der Waals surface area contributed by atoms with E-state index in [1.807, 2.05) is 58.1 Å². The molecule has 0 saturated carbocycles. The molecule has 3 aromatic rings. The number of nitrogens with zero attached hydrogens (tertiary/aromatic N) is 6. The summed E-state index contributed by atoms with van der Waals surface area (Å²) in [7, 11) is 0. The average molecular weight is 366 g/mol. The van der Waals surface area contributed by atoms with Gasteiger partial charge in [-0.25, -0.2) is 0 Å². The summed E-state index contributed by atoms with van der Waals surface area (Å²) >= 11 is 1.62. The van der Waals surface area contributed by atoms with Gasteiger partial charge < -0.3 is 9.80 Å². The molecule has 0 aliphatic carbocycles. The Labute approximate surface area is 155 Å². The number of aromatic nitrogens is 4. The van der Waals surface area contributed by atoms with Crippen molar-refractivity contribution in [1.82, 2.24) is 25.1 Å². The van der Waals surface area contributed by atoms with Crippen molar-refractivity contribution < 1.29 is 4.79 Å². The van der Waals surface area contributed by atoms with Gasteiger partial charge in [-0.15, -0.1) is 0 Å². The van der Waals surface area contributed by atoms with Crippen LogP contribution >= 0.6 is 11.3 Å². The van der Waals surface area contributed by atoms with Crippen molar-refractivity contribution in [2.24, 2.45) is 0 Å². The van der Waals surface area contributed by atoms with E-state index in [1.165, 1.54) is 0 Å². The predicted molar refractivity (Wildman–Crippen MR) is 101 cm³/mol. The van der Waals surface area contributed by atoms with Gasteiger partial charge in [-0.3, -0.25) is 4.79 Å². The highest BCUT2D eigenvalue weighted by molar-refractivity contribution is 7.08. The van der Waals surface area contributed by atoms with Crippen molar-refractivity contribution >= 4 is 29.3 Å². The van der Waals surface area contributed by atoms with Gasteiger partial charge in [-0.2, -0.15) is 16.0 Å². The van der Waals surface area contributed by atoms with Gasteiger partial charge in [0, 0.05) is 32.3 Å². The van der Waals surface area contributed by atoms with Crippen LogP contribution in [0.5, 0.6) is 0 Å². The Morgan fingerprint density at radius 2 is 1.88 bits per heavy atom. The third kappa shape index (κ3) is 3.50. The van der Waals surface area contributed by atoms with E-state index in [2.05, 4.69) is 20.4 Å². The number of carbonyl (C=O) groups is 1. The van der Waals surface area contributed by atoms with Gasteiger partial charge in [-0.1, -0.05) is 23.3 Å². The molecule has 4 rings (SSSR count). The van der Waals surface area contributed by atoms with Gasteiger partial charge >= 0.3 is 0 Å². The van der Waals surface area contributed by atoms with Gasteiger partial charge in [-0.05, 0) is 51.0 Å². The van der Waals surface area contributed by atoms with Gasteiger partial charge in [0.05, 0.1) is 5.69 Å². The van der Waals surface area contributed by atoms with Crippen molar-refractivity contribution in [1.29, 1.82) is 0 Å². The minimum absolute atomic E-state index is 0.0403. The van der Waals surface area contributed by atoms with Crippen LogP contribution in [0.1, 0.15) is 5.56 Å². The zero-order chi connectivity index (χ0) is 17.8. The summed E-state index contributed by atoms with van der Waals surface area (Å²) in [5, 5.41) is 16.1. The van der Waals surface area contributed by atoms with Crippen LogP contribution in [0, 0.1) is 0 Å². The molecule has 0 unspecified atom stereocenters. The normalized spacial score (nSPS) is 14.9. The summed E-state index contributed by atoms with van der Waals surface area (Å²) in [6.45, 7) is 2.69. The Hall–Kier alpha value is -3.00. The fourth-order valence-corrected chi connectivity index (χ4v) is 3.51. The summed E-state index contributed by atoms with van der Waals surface area (Å²) in [4.78, 5) is 16.3. The van der Waals surface area contributed by atoms with Crippen LogP contribution in [0.15, 0.2) is 53.2 Å². The molecule has 8 heteroatoms. The SMILES string of the molecule is O=C(/C=C/c1ccsc1)N1CCN(c2nnnn2-c2ccccc2)CC1. The van der Waals surface area contributed by atoms with Gasteiger partial charge in [0.1, 0.15) is 0 Å². The van der Waals surface area contributed by atoms with Crippen LogP contribution < -0.4 is 4.90 Å². The van der Waals surface area contributed by atoms with Crippen LogP contribution in [0.25, 0.3) is 11.8 Å². The zero-order valence-electron chi connectivity index (χ0n) is 14.1. The lowest BCUT2D eigenvalue weighted by atomic mass is 10.2. The maximum Gasteiger partial charge on any atom is 0.250 e. The number of rotatable bonds is 4. The number of anilines is 1. The standard InChI is InChI=1S/C18H18N6OS/c25-17(7-6-15-8-13-26-14-15)22-9-11-23(12-10-22)18-19-20-21-24(18)16-4-2-1-3-5-16/h1-8,13-14H,9-12H2/b7-6+. The second-order valence-electron chi connectivity index (χ2n) is 5.93. The Balaban J connectivity index is 1.40. The predicted octanol–water partition coefficient (Wildman–Crippen LogP) is 2.09. The van der Waals surface area contributed by atoms with E-state index in [0.29, 0.717) is 32.1 Å². The number of para-hydroxylation sites is 1. The molecule has 132 valence electrons. The molecule has 1 aliphatic rings. The van der Waals surface area contributed by atoms with Crippen molar-refractivity contribution in [3.05, 3.63) is 58.8 Å². The molecule has 1 fully saturated rings. The number of carbonyl (C=O) groups excluding carboxylic acids is 1. The van der Waals surface area contributed by atoms with Crippen LogP contribution in [0.3, 0.4) is 0 Å². The number of piperazine rings is 1. The molecule has 1 aliphatic heterocycles. The van der Waals surface area contributed by atoms with E-state index >= 15 is 0 Å². The summed E-state index contributed by atoms with van der Waals surface area (Å²) in [5.41, 5.74) is 1.98. The van der Waals surface area contributed by atoms with Crippen LogP contribution in [0.4, 0.5) is 5.95 Å². The first-order valence-electron chi connectivity index (χ1n) is 8.39. The molecule has 1 amide bonds. The number of tetrazole rings is 1. The summed E-state index contributed by atoms with van der Waals surface area (Å²) in [6, 6.07) is 11.8. The molecular formula is C18H18N6OS. The molecule has 0 spiro atoms.